The van der Waals surface area contributed by atoms with Gasteiger partial charge in [-0.25, -0.2) is 0 Å². The molecule has 1 saturated heterocycles. The first-order valence-corrected chi connectivity index (χ1v) is 7.44. The Morgan fingerprint density at radius 3 is 3.00 bits per heavy atom. The molecule has 0 saturated carbocycles. The van der Waals surface area contributed by atoms with Crippen molar-refractivity contribution in [3.63, 3.8) is 0 Å². The Morgan fingerprint density at radius 2 is 2.35 bits per heavy atom. The first-order chi connectivity index (χ1) is 9.69. The van der Waals surface area contributed by atoms with Gasteiger partial charge in [0, 0.05) is 0 Å². The minimum atomic E-state index is -0.0304. The fourth-order valence-corrected chi connectivity index (χ4v) is 2.28. The molecule has 0 spiro atoms. The lowest BCUT2D eigenvalue weighted by molar-refractivity contribution is -0.116. The number of ether oxygens (including phenoxy) is 1. The van der Waals surface area contributed by atoms with Crippen LogP contribution in [0.1, 0.15) is 24.5 Å². The highest BCUT2D eigenvalue weighted by molar-refractivity contribution is 8.15. The van der Waals surface area contributed by atoms with Crippen molar-refractivity contribution in [1.82, 2.24) is 5.32 Å². The molecule has 0 unspecified atom stereocenters. The third-order valence-corrected chi connectivity index (χ3v) is 3.47. The van der Waals surface area contributed by atoms with Gasteiger partial charge >= 0.3 is 0 Å². The van der Waals surface area contributed by atoms with Crippen LogP contribution in [0.2, 0.25) is 0 Å². The predicted octanol–water partition coefficient (Wildman–Crippen LogP) is 2.34. The van der Waals surface area contributed by atoms with Crippen LogP contribution in [-0.4, -0.2) is 29.6 Å². The molecule has 0 atom stereocenters. The summed E-state index contributed by atoms with van der Waals surface area (Å²) < 4.78 is 5.62. The molecular formula is C14H17N3O2S. The van der Waals surface area contributed by atoms with E-state index in [1.54, 1.807) is 6.21 Å². The molecule has 1 aliphatic heterocycles. The molecule has 1 heterocycles. The van der Waals surface area contributed by atoms with E-state index in [-0.39, 0.29) is 5.91 Å². The monoisotopic (exact) mass is 291 g/mol. The van der Waals surface area contributed by atoms with E-state index in [4.69, 9.17) is 4.74 Å². The largest absolute Gasteiger partial charge is 0.493 e. The van der Waals surface area contributed by atoms with E-state index in [0.717, 1.165) is 29.9 Å². The molecule has 106 valence electrons. The zero-order chi connectivity index (χ0) is 14.4. The molecule has 1 aromatic rings. The van der Waals surface area contributed by atoms with Gasteiger partial charge in [0.15, 0.2) is 5.17 Å². The minimum absolute atomic E-state index is 0.0304. The van der Waals surface area contributed by atoms with Crippen molar-refractivity contribution in [2.45, 2.75) is 20.3 Å². The van der Waals surface area contributed by atoms with E-state index in [1.165, 1.54) is 11.8 Å². The Balaban J connectivity index is 1.99. The maximum absolute atomic E-state index is 11.0. The molecule has 0 radical (unpaired) electrons. The number of nitrogens with zero attached hydrogens (tertiary/aromatic N) is 2. The van der Waals surface area contributed by atoms with Gasteiger partial charge in [-0.3, -0.25) is 4.79 Å². The van der Waals surface area contributed by atoms with Gasteiger partial charge in [0.1, 0.15) is 5.75 Å². The van der Waals surface area contributed by atoms with Crippen LogP contribution in [-0.2, 0) is 4.79 Å². The maximum Gasteiger partial charge on any atom is 0.236 e. The Labute approximate surface area is 122 Å². The number of aryl methyl sites for hydroxylation is 1. The van der Waals surface area contributed by atoms with E-state index in [0.29, 0.717) is 10.9 Å². The summed E-state index contributed by atoms with van der Waals surface area (Å²) >= 11 is 1.36. The quantitative estimate of drug-likeness (QED) is 0.669. The van der Waals surface area contributed by atoms with Gasteiger partial charge in [-0.15, -0.1) is 5.10 Å². The van der Waals surface area contributed by atoms with E-state index >= 15 is 0 Å². The summed E-state index contributed by atoms with van der Waals surface area (Å²) in [6, 6.07) is 5.86. The van der Waals surface area contributed by atoms with Gasteiger partial charge in [-0.1, -0.05) is 18.7 Å². The Hall–Kier alpha value is -1.82. The molecule has 1 N–H and O–H groups in total. The number of hydrogen-bond acceptors (Lipinski definition) is 5. The summed E-state index contributed by atoms with van der Waals surface area (Å²) in [4.78, 5) is 11.0. The lowest BCUT2D eigenvalue weighted by Crippen LogP contribution is -2.19. The molecule has 20 heavy (non-hydrogen) atoms. The van der Waals surface area contributed by atoms with Crippen LogP contribution >= 0.6 is 11.8 Å². The normalized spacial score (nSPS) is 16.9. The minimum Gasteiger partial charge on any atom is -0.493 e. The van der Waals surface area contributed by atoms with Crippen LogP contribution in [0.25, 0.3) is 0 Å². The Kier molecular flexibility index (Phi) is 5.17. The van der Waals surface area contributed by atoms with E-state index < -0.39 is 0 Å². The van der Waals surface area contributed by atoms with Crippen LogP contribution in [0.3, 0.4) is 0 Å². The molecular weight excluding hydrogens is 274 g/mol. The molecule has 0 bridgehead atoms. The van der Waals surface area contributed by atoms with Crippen molar-refractivity contribution >= 4 is 29.1 Å². The van der Waals surface area contributed by atoms with Gasteiger partial charge in [-0.05, 0) is 42.7 Å². The molecule has 6 heteroatoms. The van der Waals surface area contributed by atoms with Crippen molar-refractivity contribution in [3.05, 3.63) is 29.3 Å². The first-order valence-electron chi connectivity index (χ1n) is 6.46. The summed E-state index contributed by atoms with van der Waals surface area (Å²) in [5.41, 5.74) is 2.02. The summed E-state index contributed by atoms with van der Waals surface area (Å²) in [5, 5.41) is 11.1. The van der Waals surface area contributed by atoms with Crippen LogP contribution in [0, 0.1) is 6.92 Å². The molecule has 0 aliphatic carbocycles. The molecule has 1 fully saturated rings. The third-order valence-electron chi connectivity index (χ3n) is 2.60. The lowest BCUT2D eigenvalue weighted by atomic mass is 10.1. The molecule has 0 aromatic heterocycles. The topological polar surface area (TPSA) is 63.1 Å². The van der Waals surface area contributed by atoms with Gasteiger partial charge in [0.2, 0.25) is 5.91 Å². The number of carbonyl (C=O) groups is 1. The van der Waals surface area contributed by atoms with Gasteiger partial charge < -0.3 is 10.1 Å². The van der Waals surface area contributed by atoms with Crippen molar-refractivity contribution in [2.75, 3.05) is 12.4 Å². The number of hydrogen-bond donors (Lipinski definition) is 1. The van der Waals surface area contributed by atoms with E-state index in [1.807, 2.05) is 25.1 Å². The fourth-order valence-electron chi connectivity index (χ4n) is 1.65. The predicted molar refractivity (Wildman–Crippen MR) is 82.6 cm³/mol. The highest BCUT2D eigenvalue weighted by atomic mass is 32.2. The van der Waals surface area contributed by atoms with Gasteiger partial charge in [0.05, 0.1) is 18.6 Å². The van der Waals surface area contributed by atoms with Crippen LogP contribution in [0.5, 0.6) is 5.75 Å². The standard InChI is InChI=1S/C14H17N3O2S/c1-3-6-19-12-5-4-11(7-10(12)2)8-15-17-14-16-13(18)9-20-14/h4-5,7-8H,3,6,9H2,1-2H3,(H,16,17,18). The maximum atomic E-state index is 11.0. The number of nitrogens with one attached hydrogen (secondary N) is 1. The van der Waals surface area contributed by atoms with Crippen molar-refractivity contribution in [3.8, 4) is 5.75 Å². The SMILES string of the molecule is CCCOc1ccc(C=NN=C2NC(=O)CS2)cc1C. The Bertz CT molecular complexity index is 555. The number of benzene rings is 1. The Morgan fingerprint density at radius 1 is 1.50 bits per heavy atom. The summed E-state index contributed by atoms with van der Waals surface area (Å²) in [6.07, 6.45) is 2.65. The van der Waals surface area contributed by atoms with E-state index in [2.05, 4.69) is 22.4 Å². The summed E-state index contributed by atoms with van der Waals surface area (Å²) in [6.45, 7) is 4.80. The third kappa shape index (κ3) is 4.09. The van der Waals surface area contributed by atoms with Gasteiger partial charge in [0.25, 0.3) is 0 Å². The van der Waals surface area contributed by atoms with Crippen molar-refractivity contribution < 1.29 is 9.53 Å². The van der Waals surface area contributed by atoms with Crippen LogP contribution < -0.4 is 10.1 Å². The highest BCUT2D eigenvalue weighted by Gasteiger charge is 2.15. The number of amides is 1. The second-order valence-electron chi connectivity index (χ2n) is 4.36. The summed E-state index contributed by atoms with van der Waals surface area (Å²) in [7, 11) is 0. The molecule has 1 aliphatic rings. The highest BCUT2D eigenvalue weighted by Crippen LogP contribution is 2.18. The average molecular weight is 291 g/mol. The molecule has 1 aromatic carbocycles. The molecule has 2 rings (SSSR count). The van der Waals surface area contributed by atoms with Crippen molar-refractivity contribution in [2.24, 2.45) is 10.2 Å². The zero-order valence-electron chi connectivity index (χ0n) is 11.5. The molecule has 5 nitrogen and oxygen atoms in total. The lowest BCUT2D eigenvalue weighted by Gasteiger charge is -2.08. The van der Waals surface area contributed by atoms with Gasteiger partial charge in [-0.2, -0.15) is 5.10 Å². The van der Waals surface area contributed by atoms with Crippen molar-refractivity contribution in [1.29, 1.82) is 0 Å². The van der Waals surface area contributed by atoms with Crippen LogP contribution in [0.15, 0.2) is 28.4 Å². The average Bonchev–Trinajstić information content (AvgIpc) is 2.84. The number of thioether (sulfide) groups is 1. The van der Waals surface area contributed by atoms with Crippen LogP contribution in [0.4, 0.5) is 0 Å². The van der Waals surface area contributed by atoms with E-state index in [9.17, 15) is 4.79 Å². The first kappa shape index (κ1) is 14.6. The number of carbonyl (C=O) groups excluding carboxylic acids is 1. The molecule has 1 amide bonds. The zero-order valence-corrected chi connectivity index (χ0v) is 12.4. The number of rotatable bonds is 5. The summed E-state index contributed by atoms with van der Waals surface area (Å²) in [5.74, 6) is 1.28. The fraction of sp³-hybridized carbons (Fsp3) is 0.357. The smallest absolute Gasteiger partial charge is 0.236 e. The second kappa shape index (κ2) is 7.09. The number of amidine groups is 1. The second-order valence-corrected chi connectivity index (χ2v) is 5.32.